The molecule has 1 aliphatic rings. The molecule has 2 atom stereocenters. The third-order valence-electron chi connectivity index (χ3n) is 2.29. The largest absolute Gasteiger partial charge is 0.300 e. The molecular formula is C9H16O2S. The van der Waals surface area contributed by atoms with E-state index < -0.39 is 10.8 Å². The predicted octanol–water partition coefficient (Wildman–Crippen LogP) is 1.66. The summed E-state index contributed by atoms with van der Waals surface area (Å²) < 4.78 is 11.4. The molecule has 0 aromatic rings. The molecule has 1 rings (SSSR count). The highest BCUT2D eigenvalue weighted by Gasteiger charge is 2.24. The molecule has 1 saturated heterocycles. The van der Waals surface area contributed by atoms with Gasteiger partial charge in [0, 0.05) is 34.6 Å². The molecular weight excluding hydrogens is 172 g/mol. The summed E-state index contributed by atoms with van der Waals surface area (Å²) in [6.45, 7) is 2.12. The van der Waals surface area contributed by atoms with Crippen LogP contribution in [0.25, 0.3) is 0 Å². The number of carbonyl (C=O) groups excluding carboxylic acids is 1. The summed E-state index contributed by atoms with van der Waals surface area (Å²) in [5.74, 6) is 0.906. The Morgan fingerprint density at radius 2 is 2.33 bits per heavy atom. The van der Waals surface area contributed by atoms with Crippen LogP contribution in [0.5, 0.6) is 0 Å². The van der Waals surface area contributed by atoms with Crippen molar-refractivity contribution in [3.63, 3.8) is 0 Å². The maximum atomic E-state index is 11.4. The summed E-state index contributed by atoms with van der Waals surface area (Å²) in [6.07, 6.45) is 4.29. The van der Waals surface area contributed by atoms with E-state index in [4.69, 9.17) is 0 Å². The second kappa shape index (κ2) is 4.75. The lowest BCUT2D eigenvalue weighted by atomic mass is 10.1. The van der Waals surface area contributed by atoms with Crippen molar-refractivity contribution < 1.29 is 9.00 Å². The van der Waals surface area contributed by atoms with Crippen molar-refractivity contribution in [3.05, 3.63) is 0 Å². The third kappa shape index (κ3) is 2.70. The molecule has 70 valence electrons. The standard InChI is InChI=1S/C9H16O2S/c1-2-3-4-9-7-8(10)5-6-12(9)11/h9H,2-7H2,1H3. The highest BCUT2D eigenvalue weighted by Crippen LogP contribution is 2.18. The molecule has 1 fully saturated rings. The highest BCUT2D eigenvalue weighted by atomic mass is 32.2. The molecule has 0 spiro atoms. The van der Waals surface area contributed by atoms with Crippen molar-refractivity contribution in [2.75, 3.05) is 5.75 Å². The molecule has 12 heavy (non-hydrogen) atoms. The third-order valence-corrected chi connectivity index (χ3v) is 4.04. The lowest BCUT2D eigenvalue weighted by molar-refractivity contribution is -0.118. The number of Topliss-reactive ketones (excluding diaryl/α,β-unsaturated/α-hetero) is 1. The van der Waals surface area contributed by atoms with Crippen molar-refractivity contribution >= 4 is 16.6 Å². The maximum absolute atomic E-state index is 11.4. The van der Waals surface area contributed by atoms with Gasteiger partial charge < -0.3 is 0 Å². The van der Waals surface area contributed by atoms with Crippen LogP contribution in [0.3, 0.4) is 0 Å². The van der Waals surface area contributed by atoms with Crippen molar-refractivity contribution in [2.24, 2.45) is 0 Å². The fourth-order valence-corrected chi connectivity index (χ4v) is 3.06. The Hall–Kier alpha value is -0.180. The monoisotopic (exact) mass is 188 g/mol. The van der Waals surface area contributed by atoms with E-state index in [0.29, 0.717) is 24.4 Å². The first kappa shape index (κ1) is 9.90. The van der Waals surface area contributed by atoms with E-state index in [1.54, 1.807) is 0 Å². The van der Waals surface area contributed by atoms with E-state index >= 15 is 0 Å². The van der Waals surface area contributed by atoms with Gasteiger partial charge in [0.25, 0.3) is 0 Å². The molecule has 0 aliphatic carbocycles. The zero-order valence-electron chi connectivity index (χ0n) is 7.54. The Labute approximate surface area is 76.2 Å². The molecule has 0 N–H and O–H groups in total. The molecule has 0 saturated carbocycles. The Kier molecular flexibility index (Phi) is 3.92. The average molecular weight is 188 g/mol. The van der Waals surface area contributed by atoms with Crippen LogP contribution in [0.15, 0.2) is 0 Å². The van der Waals surface area contributed by atoms with Crippen molar-refractivity contribution in [1.82, 2.24) is 0 Å². The van der Waals surface area contributed by atoms with Crippen LogP contribution in [0, 0.1) is 0 Å². The SMILES string of the molecule is CCCCC1CC(=O)CCS1=O. The summed E-state index contributed by atoms with van der Waals surface area (Å²) in [6, 6.07) is 0. The van der Waals surface area contributed by atoms with E-state index in [-0.39, 0.29) is 5.25 Å². The summed E-state index contributed by atoms with van der Waals surface area (Å²) in [7, 11) is -0.721. The first-order valence-corrected chi connectivity index (χ1v) is 6.01. The molecule has 3 heteroatoms. The number of hydrogen-bond acceptors (Lipinski definition) is 2. The van der Waals surface area contributed by atoms with Gasteiger partial charge in [-0.05, 0) is 6.42 Å². The average Bonchev–Trinajstić information content (AvgIpc) is 2.07. The van der Waals surface area contributed by atoms with Gasteiger partial charge in [0.1, 0.15) is 5.78 Å². The predicted molar refractivity (Wildman–Crippen MR) is 50.6 cm³/mol. The fourth-order valence-electron chi connectivity index (χ4n) is 1.50. The van der Waals surface area contributed by atoms with Crippen molar-refractivity contribution in [2.45, 2.75) is 44.3 Å². The molecule has 1 aliphatic heterocycles. The van der Waals surface area contributed by atoms with E-state index in [9.17, 15) is 9.00 Å². The van der Waals surface area contributed by atoms with Crippen LogP contribution < -0.4 is 0 Å². The molecule has 2 nitrogen and oxygen atoms in total. The van der Waals surface area contributed by atoms with Crippen LogP contribution in [-0.2, 0) is 15.6 Å². The van der Waals surface area contributed by atoms with E-state index in [1.807, 2.05) is 0 Å². The van der Waals surface area contributed by atoms with E-state index in [1.165, 1.54) is 0 Å². The Morgan fingerprint density at radius 3 is 3.00 bits per heavy atom. The van der Waals surface area contributed by atoms with E-state index in [2.05, 4.69) is 6.92 Å². The Balaban J connectivity index is 2.38. The van der Waals surface area contributed by atoms with Gasteiger partial charge in [0.05, 0.1) is 0 Å². The number of carbonyl (C=O) groups is 1. The van der Waals surface area contributed by atoms with Crippen LogP contribution in [0.2, 0.25) is 0 Å². The van der Waals surface area contributed by atoms with Crippen LogP contribution >= 0.6 is 0 Å². The minimum atomic E-state index is -0.721. The minimum Gasteiger partial charge on any atom is -0.300 e. The number of ketones is 1. The molecule has 0 amide bonds. The fraction of sp³-hybridized carbons (Fsp3) is 0.889. The summed E-state index contributed by atoms with van der Waals surface area (Å²) in [5, 5.41) is 0.172. The molecule has 0 aromatic carbocycles. The van der Waals surface area contributed by atoms with Crippen LogP contribution in [0.1, 0.15) is 39.0 Å². The lowest BCUT2D eigenvalue weighted by Crippen LogP contribution is -2.28. The molecule has 0 bridgehead atoms. The first-order chi connectivity index (χ1) is 5.74. The quantitative estimate of drug-likeness (QED) is 0.675. The second-order valence-corrected chi connectivity index (χ2v) is 5.18. The lowest BCUT2D eigenvalue weighted by Gasteiger charge is -2.19. The summed E-state index contributed by atoms with van der Waals surface area (Å²) >= 11 is 0. The van der Waals surface area contributed by atoms with Gasteiger partial charge in [-0.25, -0.2) is 0 Å². The normalized spacial score (nSPS) is 30.6. The molecule has 0 radical (unpaired) electrons. The molecule has 0 aromatic heterocycles. The van der Waals surface area contributed by atoms with Crippen LogP contribution in [0.4, 0.5) is 0 Å². The van der Waals surface area contributed by atoms with Gasteiger partial charge in [-0.1, -0.05) is 19.8 Å². The zero-order chi connectivity index (χ0) is 8.97. The second-order valence-electron chi connectivity index (χ2n) is 3.34. The van der Waals surface area contributed by atoms with Crippen molar-refractivity contribution in [3.8, 4) is 0 Å². The summed E-state index contributed by atoms with van der Waals surface area (Å²) in [4.78, 5) is 11.0. The smallest absolute Gasteiger partial charge is 0.135 e. The minimum absolute atomic E-state index is 0.172. The Morgan fingerprint density at radius 1 is 1.58 bits per heavy atom. The van der Waals surface area contributed by atoms with Gasteiger partial charge in [-0.2, -0.15) is 0 Å². The van der Waals surface area contributed by atoms with Gasteiger partial charge >= 0.3 is 0 Å². The maximum Gasteiger partial charge on any atom is 0.135 e. The van der Waals surface area contributed by atoms with Gasteiger partial charge in [-0.3, -0.25) is 9.00 Å². The molecule has 1 heterocycles. The zero-order valence-corrected chi connectivity index (χ0v) is 8.36. The van der Waals surface area contributed by atoms with Gasteiger partial charge in [0.2, 0.25) is 0 Å². The number of rotatable bonds is 3. The topological polar surface area (TPSA) is 34.1 Å². The highest BCUT2D eigenvalue weighted by molar-refractivity contribution is 7.85. The number of unbranched alkanes of at least 4 members (excludes halogenated alkanes) is 1. The first-order valence-electron chi connectivity index (χ1n) is 4.63. The van der Waals surface area contributed by atoms with Gasteiger partial charge in [-0.15, -0.1) is 0 Å². The summed E-state index contributed by atoms with van der Waals surface area (Å²) in [5.41, 5.74) is 0. The molecule has 2 unspecified atom stereocenters. The van der Waals surface area contributed by atoms with E-state index in [0.717, 1.165) is 19.3 Å². The van der Waals surface area contributed by atoms with Crippen molar-refractivity contribution in [1.29, 1.82) is 0 Å². The van der Waals surface area contributed by atoms with Crippen LogP contribution in [-0.4, -0.2) is 21.0 Å². The van der Waals surface area contributed by atoms with Gasteiger partial charge in [0.15, 0.2) is 0 Å². The Bertz CT molecular complexity index is 189. The number of hydrogen-bond donors (Lipinski definition) is 0.